The van der Waals surface area contributed by atoms with E-state index in [-0.39, 0.29) is 12.5 Å². The van der Waals surface area contributed by atoms with Crippen molar-refractivity contribution in [3.8, 4) is 5.75 Å². The molecule has 0 radical (unpaired) electrons. The number of nitrogens with zero attached hydrogens (tertiary/aromatic N) is 2. The Labute approximate surface area is 148 Å². The van der Waals surface area contributed by atoms with Crippen LogP contribution in [-0.4, -0.2) is 54.5 Å². The van der Waals surface area contributed by atoms with Gasteiger partial charge in [0.25, 0.3) is 5.91 Å². The minimum atomic E-state index is 0.0752. The molecule has 2 atom stereocenters. The van der Waals surface area contributed by atoms with Gasteiger partial charge in [0.15, 0.2) is 6.61 Å². The highest BCUT2D eigenvalue weighted by Gasteiger charge is 2.38. The number of amides is 1. The molecule has 0 unspecified atom stereocenters. The molecule has 1 amide bonds. The lowest BCUT2D eigenvalue weighted by molar-refractivity contribution is -0.133. The van der Waals surface area contributed by atoms with Crippen LogP contribution in [-0.2, 0) is 4.79 Å². The van der Waals surface area contributed by atoms with Gasteiger partial charge in [0.1, 0.15) is 5.75 Å². The molecular weight excluding hydrogens is 324 g/mol. The molecule has 130 valence electrons. The van der Waals surface area contributed by atoms with Gasteiger partial charge in [0.05, 0.1) is 5.02 Å². The number of hydrogen-bond donors (Lipinski definition) is 0. The van der Waals surface area contributed by atoms with Crippen LogP contribution in [0.5, 0.6) is 5.75 Å². The van der Waals surface area contributed by atoms with Crippen LogP contribution >= 0.6 is 11.6 Å². The van der Waals surface area contributed by atoms with Crippen LogP contribution in [0.25, 0.3) is 0 Å². The summed E-state index contributed by atoms with van der Waals surface area (Å²) in [6.07, 6.45) is 5.26. The number of fused-ring (bicyclic) bond motifs is 4. The molecule has 3 saturated heterocycles. The first-order chi connectivity index (χ1) is 11.7. The van der Waals surface area contributed by atoms with Crippen LogP contribution in [0.2, 0.25) is 5.02 Å². The largest absolute Gasteiger partial charge is 0.482 e. The van der Waals surface area contributed by atoms with Gasteiger partial charge in [0.2, 0.25) is 0 Å². The Bertz CT molecular complexity index is 605. The summed E-state index contributed by atoms with van der Waals surface area (Å²) in [5, 5.41) is 0.553. The van der Waals surface area contributed by atoms with E-state index in [9.17, 15) is 4.79 Å². The van der Waals surface area contributed by atoms with Gasteiger partial charge < -0.3 is 9.64 Å². The standard InChI is InChI=1S/C19H25ClN2O2/c20-17-3-1-2-4-18(17)24-13-19(23)22-11-15-7-8-16(12-22)21(10-15)9-14-5-6-14/h1-4,14-16H,5-13H2/t15-,16-/m1/s1. The minimum Gasteiger partial charge on any atom is -0.482 e. The number of halogens is 1. The van der Waals surface area contributed by atoms with E-state index in [4.69, 9.17) is 16.3 Å². The molecule has 0 aromatic heterocycles. The fraction of sp³-hybridized carbons (Fsp3) is 0.632. The second-order valence-corrected chi connectivity index (χ2v) is 7.92. The third kappa shape index (κ3) is 3.70. The summed E-state index contributed by atoms with van der Waals surface area (Å²) in [7, 11) is 0. The molecular formula is C19H25ClN2O2. The summed E-state index contributed by atoms with van der Waals surface area (Å²) in [4.78, 5) is 17.3. The van der Waals surface area contributed by atoms with Crippen molar-refractivity contribution in [2.75, 3.05) is 32.8 Å². The Hall–Kier alpha value is -1.26. The zero-order valence-electron chi connectivity index (χ0n) is 14.0. The fourth-order valence-electron chi connectivity index (χ4n) is 4.03. The lowest BCUT2D eigenvalue weighted by Gasteiger charge is -2.36. The molecule has 3 heterocycles. The minimum absolute atomic E-state index is 0.0752. The summed E-state index contributed by atoms with van der Waals surface area (Å²) in [6, 6.07) is 7.85. The molecule has 24 heavy (non-hydrogen) atoms. The van der Waals surface area contributed by atoms with E-state index < -0.39 is 0 Å². The molecule has 4 aliphatic rings. The summed E-state index contributed by atoms with van der Waals surface area (Å²) in [6.45, 7) is 4.21. The molecule has 1 aromatic rings. The SMILES string of the molecule is O=C(COc1ccccc1Cl)N1C[C@@H]2CC[C@H](C1)N(CC1CC1)C2. The van der Waals surface area contributed by atoms with Crippen LogP contribution in [0.3, 0.4) is 0 Å². The highest BCUT2D eigenvalue weighted by molar-refractivity contribution is 6.32. The lowest BCUT2D eigenvalue weighted by atomic mass is 9.95. The van der Waals surface area contributed by atoms with E-state index in [0.717, 1.165) is 25.6 Å². The molecule has 5 rings (SSSR count). The topological polar surface area (TPSA) is 32.8 Å². The first kappa shape index (κ1) is 16.2. The Morgan fingerprint density at radius 3 is 2.75 bits per heavy atom. The smallest absolute Gasteiger partial charge is 0.260 e. The van der Waals surface area contributed by atoms with Crippen LogP contribution in [0.15, 0.2) is 24.3 Å². The van der Waals surface area contributed by atoms with Crippen molar-refractivity contribution in [2.45, 2.75) is 31.7 Å². The number of carbonyl (C=O) groups is 1. The second kappa shape index (κ2) is 6.93. The zero-order valence-corrected chi connectivity index (χ0v) is 14.8. The molecule has 1 saturated carbocycles. The van der Waals surface area contributed by atoms with Crippen molar-refractivity contribution >= 4 is 17.5 Å². The van der Waals surface area contributed by atoms with Crippen molar-refractivity contribution in [1.82, 2.24) is 9.80 Å². The second-order valence-electron chi connectivity index (χ2n) is 7.51. The van der Waals surface area contributed by atoms with Gasteiger partial charge >= 0.3 is 0 Å². The van der Waals surface area contributed by atoms with E-state index in [1.165, 1.54) is 32.2 Å². The first-order valence-corrected chi connectivity index (χ1v) is 9.46. The van der Waals surface area contributed by atoms with Crippen molar-refractivity contribution in [3.63, 3.8) is 0 Å². The zero-order chi connectivity index (χ0) is 16.5. The van der Waals surface area contributed by atoms with Gasteiger partial charge in [-0.15, -0.1) is 0 Å². The summed E-state index contributed by atoms with van der Waals surface area (Å²) < 4.78 is 5.65. The van der Waals surface area contributed by atoms with Gasteiger partial charge in [0, 0.05) is 32.2 Å². The van der Waals surface area contributed by atoms with Gasteiger partial charge in [-0.05, 0) is 49.7 Å². The number of carbonyl (C=O) groups excluding carboxylic acids is 1. The molecule has 0 N–H and O–H groups in total. The van der Waals surface area contributed by atoms with Crippen molar-refractivity contribution in [3.05, 3.63) is 29.3 Å². The number of para-hydroxylation sites is 1. The maximum atomic E-state index is 12.6. The molecule has 1 aliphatic carbocycles. The van der Waals surface area contributed by atoms with Gasteiger partial charge in [-0.2, -0.15) is 0 Å². The monoisotopic (exact) mass is 348 g/mol. The van der Waals surface area contributed by atoms with Crippen molar-refractivity contribution < 1.29 is 9.53 Å². The Morgan fingerprint density at radius 2 is 1.96 bits per heavy atom. The van der Waals surface area contributed by atoms with Crippen LogP contribution in [0, 0.1) is 11.8 Å². The number of benzene rings is 1. The summed E-state index contributed by atoms with van der Waals surface area (Å²) in [5.41, 5.74) is 0. The normalized spacial score (nSPS) is 27.1. The predicted molar refractivity (Wildman–Crippen MR) is 94.3 cm³/mol. The van der Waals surface area contributed by atoms with E-state index in [0.29, 0.717) is 22.7 Å². The molecule has 1 aromatic carbocycles. The average molecular weight is 349 g/mol. The molecule has 2 bridgehead atoms. The van der Waals surface area contributed by atoms with E-state index in [1.54, 1.807) is 12.1 Å². The van der Waals surface area contributed by atoms with Crippen molar-refractivity contribution in [2.24, 2.45) is 11.8 Å². The summed E-state index contributed by atoms with van der Waals surface area (Å²) >= 11 is 6.09. The third-order valence-electron chi connectivity index (χ3n) is 5.56. The van der Waals surface area contributed by atoms with E-state index in [1.807, 2.05) is 17.0 Å². The van der Waals surface area contributed by atoms with E-state index >= 15 is 0 Å². The van der Waals surface area contributed by atoms with Crippen molar-refractivity contribution in [1.29, 1.82) is 0 Å². The Balaban J connectivity index is 1.35. The van der Waals surface area contributed by atoms with Crippen LogP contribution in [0.4, 0.5) is 0 Å². The Morgan fingerprint density at radius 1 is 1.12 bits per heavy atom. The number of hydrogen-bond acceptors (Lipinski definition) is 3. The average Bonchev–Trinajstić information content (AvgIpc) is 3.41. The quantitative estimate of drug-likeness (QED) is 0.820. The van der Waals surface area contributed by atoms with Crippen LogP contribution in [0.1, 0.15) is 25.7 Å². The number of ether oxygens (including phenoxy) is 1. The van der Waals surface area contributed by atoms with E-state index in [2.05, 4.69) is 4.90 Å². The molecule has 3 aliphatic heterocycles. The number of rotatable bonds is 5. The molecule has 4 fully saturated rings. The maximum Gasteiger partial charge on any atom is 0.260 e. The van der Waals surface area contributed by atoms with Gasteiger partial charge in [-0.3, -0.25) is 9.69 Å². The Kier molecular flexibility index (Phi) is 4.68. The molecule has 0 spiro atoms. The highest BCUT2D eigenvalue weighted by Crippen LogP contribution is 2.35. The molecule has 5 heteroatoms. The lowest BCUT2D eigenvalue weighted by Crippen LogP contribution is -2.45. The highest BCUT2D eigenvalue weighted by atomic mass is 35.5. The first-order valence-electron chi connectivity index (χ1n) is 9.08. The predicted octanol–water partition coefficient (Wildman–Crippen LogP) is 3.05. The maximum absolute atomic E-state index is 12.6. The van der Waals surface area contributed by atoms with Crippen LogP contribution < -0.4 is 4.74 Å². The molecule has 4 nitrogen and oxygen atoms in total. The number of piperidine rings is 1. The van der Waals surface area contributed by atoms with Gasteiger partial charge in [-0.25, -0.2) is 0 Å². The summed E-state index contributed by atoms with van der Waals surface area (Å²) in [5.74, 6) is 2.20. The van der Waals surface area contributed by atoms with Gasteiger partial charge in [-0.1, -0.05) is 23.7 Å². The third-order valence-corrected chi connectivity index (χ3v) is 5.87. The fourth-order valence-corrected chi connectivity index (χ4v) is 4.22.